The first-order valence-electron chi connectivity index (χ1n) is 10.8. The van der Waals surface area contributed by atoms with Crippen LogP contribution in [0.1, 0.15) is 27.6 Å². The zero-order chi connectivity index (χ0) is 20.8. The fraction of sp³-hybridized carbons (Fsp3) is 0.320. The van der Waals surface area contributed by atoms with Crippen molar-refractivity contribution in [3.63, 3.8) is 0 Å². The van der Waals surface area contributed by atoms with Crippen LogP contribution < -0.4 is 15.1 Å². The maximum absolute atomic E-state index is 12.9. The molecular weight excluding hydrogens is 390 g/mol. The molecule has 3 aromatic rings. The van der Waals surface area contributed by atoms with Gasteiger partial charge < -0.3 is 15.1 Å². The largest absolute Gasteiger partial charge is 0.339 e. The van der Waals surface area contributed by atoms with E-state index in [1.165, 1.54) is 20.9 Å². The molecule has 1 aromatic heterocycles. The van der Waals surface area contributed by atoms with E-state index in [2.05, 4.69) is 60.1 Å². The van der Waals surface area contributed by atoms with Crippen LogP contribution in [0.25, 0.3) is 0 Å². The second kappa shape index (κ2) is 10.0. The number of quaternary nitrogens is 2. The fourth-order valence-electron chi connectivity index (χ4n) is 4.25. The third kappa shape index (κ3) is 5.36. The highest BCUT2D eigenvalue weighted by Crippen LogP contribution is 2.25. The molecule has 30 heavy (non-hydrogen) atoms. The van der Waals surface area contributed by atoms with Gasteiger partial charge in [-0.3, -0.25) is 4.79 Å². The maximum Gasteiger partial charge on any atom is 0.275 e. The highest BCUT2D eigenvalue weighted by molar-refractivity contribution is 7.10. The lowest BCUT2D eigenvalue weighted by molar-refractivity contribution is -1.02. The number of carbonyl (C=O) groups excluding carboxylic acids is 1. The summed E-state index contributed by atoms with van der Waals surface area (Å²) in [5, 5.41) is 5.35. The third-order valence-electron chi connectivity index (χ3n) is 6.04. The molecule has 156 valence electrons. The van der Waals surface area contributed by atoms with Crippen LogP contribution in [0.3, 0.4) is 0 Å². The second-order valence-corrected chi connectivity index (χ2v) is 9.19. The summed E-state index contributed by atoms with van der Waals surface area (Å²) in [4.78, 5) is 17.1. The van der Waals surface area contributed by atoms with Crippen LogP contribution in [0.4, 0.5) is 0 Å². The monoisotopic (exact) mass is 421 g/mol. The number of hydrogen-bond donors (Lipinski definition) is 3. The fourth-order valence-corrected chi connectivity index (χ4v) is 5.05. The summed E-state index contributed by atoms with van der Waals surface area (Å²) in [5.74, 6) is 0.134. The summed E-state index contributed by atoms with van der Waals surface area (Å²) in [6, 6.07) is 23.0. The van der Waals surface area contributed by atoms with Gasteiger partial charge in [-0.15, -0.1) is 11.3 Å². The van der Waals surface area contributed by atoms with Gasteiger partial charge in [-0.1, -0.05) is 60.7 Å². The van der Waals surface area contributed by atoms with Gasteiger partial charge in [0.2, 0.25) is 0 Å². The smallest absolute Gasteiger partial charge is 0.275 e. The van der Waals surface area contributed by atoms with Gasteiger partial charge in [0.05, 0.1) is 6.04 Å². The Kier molecular flexibility index (Phi) is 6.95. The van der Waals surface area contributed by atoms with Crippen molar-refractivity contribution < 1.29 is 14.6 Å². The summed E-state index contributed by atoms with van der Waals surface area (Å²) in [7, 11) is 0. The van der Waals surface area contributed by atoms with E-state index in [1.54, 1.807) is 16.2 Å². The lowest BCUT2D eigenvalue weighted by Crippen LogP contribution is -3.28. The van der Waals surface area contributed by atoms with Crippen molar-refractivity contribution >= 4 is 17.2 Å². The summed E-state index contributed by atoms with van der Waals surface area (Å²) in [6.45, 7) is 8.14. The highest BCUT2D eigenvalue weighted by Gasteiger charge is 2.26. The molecule has 4 nitrogen and oxygen atoms in total. The molecule has 2 aromatic carbocycles. The molecular formula is C25H31N3OS+2. The van der Waals surface area contributed by atoms with E-state index in [4.69, 9.17) is 0 Å². The lowest BCUT2D eigenvalue weighted by Gasteiger charge is -2.30. The minimum absolute atomic E-state index is 0.0638. The zero-order valence-corrected chi connectivity index (χ0v) is 18.4. The molecule has 0 unspecified atom stereocenters. The predicted molar refractivity (Wildman–Crippen MR) is 122 cm³/mol. The first-order valence-corrected chi connectivity index (χ1v) is 11.7. The van der Waals surface area contributed by atoms with E-state index >= 15 is 0 Å². The molecule has 2 heterocycles. The van der Waals surface area contributed by atoms with Crippen LogP contribution in [0.2, 0.25) is 0 Å². The number of amides is 1. The van der Waals surface area contributed by atoms with Crippen molar-refractivity contribution in [3.8, 4) is 0 Å². The number of piperazine rings is 1. The minimum Gasteiger partial charge on any atom is -0.339 e. The Hall–Kier alpha value is -2.47. The maximum atomic E-state index is 12.9. The van der Waals surface area contributed by atoms with Gasteiger partial charge in [0.25, 0.3) is 5.91 Å². The number of hydrogen-bond acceptors (Lipinski definition) is 2. The van der Waals surface area contributed by atoms with E-state index in [0.717, 1.165) is 38.3 Å². The standard InChI is InChI=1S/C25H29N3OS/c1-20-8-5-6-11-22(20)18-27-13-15-28(16-14-27)19-24(29)26-25(23-12-7-17-30-23)21-9-3-2-4-10-21/h2-12,17,25H,13-16,18-19H2,1H3,(H,26,29)/p+2/t25-/m0/s1. The zero-order valence-electron chi connectivity index (χ0n) is 17.6. The molecule has 4 rings (SSSR count). The normalized spacial score (nSPS) is 19.9. The number of rotatable bonds is 7. The molecule has 1 saturated heterocycles. The minimum atomic E-state index is -0.0638. The van der Waals surface area contributed by atoms with Gasteiger partial charge >= 0.3 is 0 Å². The molecule has 1 atom stereocenters. The first kappa shape index (κ1) is 20.8. The number of aryl methyl sites for hydroxylation is 1. The van der Waals surface area contributed by atoms with Crippen LogP contribution in [-0.4, -0.2) is 38.6 Å². The van der Waals surface area contributed by atoms with Crippen molar-refractivity contribution in [1.82, 2.24) is 5.32 Å². The first-order chi connectivity index (χ1) is 14.7. The summed E-state index contributed by atoms with van der Waals surface area (Å²) in [5.41, 5.74) is 3.95. The SMILES string of the molecule is Cc1ccccc1C[NH+]1CC[NH+](CC(=O)N[C@@H](c2ccccc2)c2cccs2)CC1. The predicted octanol–water partition coefficient (Wildman–Crippen LogP) is 1.25. The van der Waals surface area contributed by atoms with Crippen molar-refractivity contribution in [2.45, 2.75) is 19.5 Å². The summed E-state index contributed by atoms with van der Waals surface area (Å²) in [6.07, 6.45) is 0. The Morgan fingerprint density at radius 1 is 0.933 bits per heavy atom. The van der Waals surface area contributed by atoms with Gasteiger partial charge in [-0.2, -0.15) is 0 Å². The summed E-state index contributed by atoms with van der Waals surface area (Å²) < 4.78 is 0. The Bertz CT molecular complexity index is 934. The van der Waals surface area contributed by atoms with Crippen molar-refractivity contribution in [2.75, 3.05) is 32.7 Å². The second-order valence-electron chi connectivity index (χ2n) is 8.21. The van der Waals surface area contributed by atoms with E-state index in [0.29, 0.717) is 6.54 Å². The van der Waals surface area contributed by atoms with Gasteiger partial charge in [0.15, 0.2) is 6.54 Å². The van der Waals surface area contributed by atoms with Crippen molar-refractivity contribution in [3.05, 3.63) is 93.7 Å². The van der Waals surface area contributed by atoms with Crippen molar-refractivity contribution in [1.29, 1.82) is 0 Å². The molecule has 0 aliphatic carbocycles. The van der Waals surface area contributed by atoms with Gasteiger partial charge in [-0.25, -0.2) is 0 Å². The lowest BCUT2D eigenvalue weighted by atomic mass is 10.1. The van der Waals surface area contributed by atoms with Gasteiger partial charge in [0.1, 0.15) is 32.7 Å². The van der Waals surface area contributed by atoms with E-state index < -0.39 is 0 Å². The van der Waals surface area contributed by atoms with Crippen LogP contribution in [0, 0.1) is 6.92 Å². The average Bonchev–Trinajstić information content (AvgIpc) is 3.30. The quantitative estimate of drug-likeness (QED) is 0.528. The van der Waals surface area contributed by atoms with Crippen LogP contribution in [0.5, 0.6) is 0 Å². The molecule has 1 fully saturated rings. The molecule has 1 amide bonds. The van der Waals surface area contributed by atoms with E-state index in [1.807, 2.05) is 24.3 Å². The molecule has 1 aliphatic rings. The highest BCUT2D eigenvalue weighted by atomic mass is 32.1. The van der Waals surface area contributed by atoms with Crippen LogP contribution in [0.15, 0.2) is 72.1 Å². The molecule has 0 bridgehead atoms. The van der Waals surface area contributed by atoms with E-state index in [9.17, 15) is 4.79 Å². The number of carbonyl (C=O) groups is 1. The molecule has 0 saturated carbocycles. The van der Waals surface area contributed by atoms with Crippen LogP contribution >= 0.6 is 11.3 Å². The molecule has 5 heteroatoms. The van der Waals surface area contributed by atoms with E-state index in [-0.39, 0.29) is 11.9 Å². The van der Waals surface area contributed by atoms with Crippen LogP contribution in [-0.2, 0) is 11.3 Å². The third-order valence-corrected chi connectivity index (χ3v) is 6.98. The van der Waals surface area contributed by atoms with Gasteiger partial charge in [0, 0.05) is 10.4 Å². The van der Waals surface area contributed by atoms with Crippen molar-refractivity contribution in [2.24, 2.45) is 0 Å². The number of thiophene rings is 1. The average molecular weight is 422 g/mol. The molecule has 0 radical (unpaired) electrons. The molecule has 1 aliphatic heterocycles. The Balaban J connectivity index is 1.30. The molecule has 0 spiro atoms. The molecule has 3 N–H and O–H groups in total. The Morgan fingerprint density at radius 2 is 1.63 bits per heavy atom. The number of benzene rings is 2. The van der Waals surface area contributed by atoms with Gasteiger partial charge in [-0.05, 0) is 29.5 Å². The summed E-state index contributed by atoms with van der Waals surface area (Å²) >= 11 is 1.69. The topological polar surface area (TPSA) is 38.0 Å². The Morgan fingerprint density at radius 3 is 2.33 bits per heavy atom. The Labute approximate surface area is 183 Å². The number of nitrogens with one attached hydrogen (secondary N) is 3.